The van der Waals surface area contributed by atoms with Gasteiger partial charge in [-0.05, 0) is 55.2 Å². The molecule has 0 saturated heterocycles. The van der Waals surface area contributed by atoms with Crippen molar-refractivity contribution >= 4 is 11.4 Å². The lowest BCUT2D eigenvalue weighted by Gasteiger charge is -2.22. The molecule has 0 spiro atoms. The van der Waals surface area contributed by atoms with Crippen molar-refractivity contribution in [3.05, 3.63) is 59.7 Å². The Morgan fingerprint density at radius 2 is 1.33 bits per heavy atom. The van der Waals surface area contributed by atoms with Gasteiger partial charge in [-0.15, -0.1) is 0 Å². The zero-order valence-corrected chi connectivity index (χ0v) is 15.0. The second kappa shape index (κ2) is 8.98. The molecule has 2 aromatic rings. The molecule has 0 aliphatic carbocycles. The van der Waals surface area contributed by atoms with Crippen LogP contribution in [0.4, 0.5) is 11.4 Å². The van der Waals surface area contributed by atoms with E-state index in [0.717, 1.165) is 25.9 Å². The molecule has 0 amide bonds. The van der Waals surface area contributed by atoms with Gasteiger partial charge in [-0.25, -0.2) is 0 Å². The van der Waals surface area contributed by atoms with Crippen molar-refractivity contribution in [2.45, 2.75) is 26.2 Å². The molecule has 0 saturated carbocycles. The van der Waals surface area contributed by atoms with Crippen LogP contribution in [0.25, 0.3) is 0 Å². The molecular formula is C21H27N3. The summed E-state index contributed by atoms with van der Waals surface area (Å²) in [5, 5.41) is 8.75. The van der Waals surface area contributed by atoms with Crippen LogP contribution < -0.4 is 9.80 Å². The van der Waals surface area contributed by atoms with E-state index in [4.69, 9.17) is 5.26 Å². The van der Waals surface area contributed by atoms with Crippen molar-refractivity contribution < 1.29 is 0 Å². The monoisotopic (exact) mass is 321 g/mol. The van der Waals surface area contributed by atoms with Crippen LogP contribution in [0.2, 0.25) is 0 Å². The Morgan fingerprint density at radius 1 is 0.833 bits per heavy atom. The SMILES string of the molecule is CCN(CCC#N)c1ccc(CCc2ccc(N(C)C)cc2)cc1. The summed E-state index contributed by atoms with van der Waals surface area (Å²) in [5.41, 5.74) is 5.16. The highest BCUT2D eigenvalue weighted by atomic mass is 15.1. The predicted octanol–water partition coefficient (Wildman–Crippen LogP) is 4.28. The summed E-state index contributed by atoms with van der Waals surface area (Å²) in [7, 11) is 4.12. The molecule has 0 heterocycles. The first-order valence-electron chi connectivity index (χ1n) is 8.61. The van der Waals surface area contributed by atoms with Gasteiger partial charge in [0.05, 0.1) is 12.5 Å². The smallest absolute Gasteiger partial charge is 0.0640 e. The summed E-state index contributed by atoms with van der Waals surface area (Å²) in [5.74, 6) is 0. The first-order valence-corrected chi connectivity index (χ1v) is 8.61. The fourth-order valence-electron chi connectivity index (χ4n) is 2.78. The maximum absolute atomic E-state index is 8.75. The molecule has 0 radical (unpaired) electrons. The minimum absolute atomic E-state index is 0.568. The average molecular weight is 321 g/mol. The third-order valence-electron chi connectivity index (χ3n) is 4.33. The molecule has 0 fully saturated rings. The van der Waals surface area contributed by atoms with Gasteiger partial charge in [0.15, 0.2) is 0 Å². The van der Waals surface area contributed by atoms with E-state index in [1.165, 1.54) is 22.5 Å². The van der Waals surface area contributed by atoms with E-state index < -0.39 is 0 Å². The molecular weight excluding hydrogens is 294 g/mol. The second-order valence-corrected chi connectivity index (χ2v) is 6.22. The van der Waals surface area contributed by atoms with E-state index in [1.54, 1.807) is 0 Å². The highest BCUT2D eigenvalue weighted by Gasteiger charge is 2.04. The van der Waals surface area contributed by atoms with Gasteiger partial charge in [-0.1, -0.05) is 24.3 Å². The van der Waals surface area contributed by atoms with Crippen LogP contribution in [-0.4, -0.2) is 27.2 Å². The van der Waals surface area contributed by atoms with Gasteiger partial charge in [-0.2, -0.15) is 5.26 Å². The fraction of sp³-hybridized carbons (Fsp3) is 0.381. The number of hydrogen-bond donors (Lipinski definition) is 0. The van der Waals surface area contributed by atoms with Crippen LogP contribution in [0, 0.1) is 11.3 Å². The molecule has 0 aliphatic heterocycles. The number of hydrogen-bond acceptors (Lipinski definition) is 3. The maximum atomic E-state index is 8.75. The minimum Gasteiger partial charge on any atom is -0.378 e. The van der Waals surface area contributed by atoms with Crippen LogP contribution in [0.1, 0.15) is 24.5 Å². The lowest BCUT2D eigenvalue weighted by Crippen LogP contribution is -2.23. The molecule has 2 aromatic carbocycles. The normalized spacial score (nSPS) is 10.2. The summed E-state index contributed by atoms with van der Waals surface area (Å²) < 4.78 is 0. The van der Waals surface area contributed by atoms with E-state index in [9.17, 15) is 0 Å². The Hall–Kier alpha value is -2.47. The van der Waals surface area contributed by atoms with Gasteiger partial charge >= 0.3 is 0 Å². The molecule has 0 N–H and O–H groups in total. The molecule has 3 heteroatoms. The van der Waals surface area contributed by atoms with Crippen LogP contribution in [-0.2, 0) is 12.8 Å². The minimum atomic E-state index is 0.568. The number of anilines is 2. The van der Waals surface area contributed by atoms with E-state index in [-0.39, 0.29) is 0 Å². The zero-order chi connectivity index (χ0) is 17.4. The van der Waals surface area contributed by atoms with Crippen LogP contribution >= 0.6 is 0 Å². The Balaban J connectivity index is 1.92. The average Bonchev–Trinajstić information content (AvgIpc) is 2.62. The predicted molar refractivity (Wildman–Crippen MR) is 103 cm³/mol. The zero-order valence-electron chi connectivity index (χ0n) is 15.0. The van der Waals surface area contributed by atoms with Gasteiger partial charge in [0.25, 0.3) is 0 Å². The third kappa shape index (κ3) is 5.03. The number of nitrogens with zero attached hydrogens (tertiary/aromatic N) is 3. The quantitative estimate of drug-likeness (QED) is 0.727. The molecule has 0 bridgehead atoms. The molecule has 0 aromatic heterocycles. The van der Waals surface area contributed by atoms with Gasteiger partial charge in [0, 0.05) is 38.6 Å². The van der Waals surface area contributed by atoms with Gasteiger partial charge in [0.1, 0.15) is 0 Å². The molecule has 2 rings (SSSR count). The Labute approximate surface area is 146 Å². The summed E-state index contributed by atoms with van der Waals surface area (Å²) in [6.07, 6.45) is 2.67. The summed E-state index contributed by atoms with van der Waals surface area (Å²) in [6, 6.07) is 19.7. The van der Waals surface area contributed by atoms with Gasteiger partial charge in [-0.3, -0.25) is 0 Å². The third-order valence-corrected chi connectivity index (χ3v) is 4.33. The summed E-state index contributed by atoms with van der Waals surface area (Å²) in [6.45, 7) is 3.85. The first-order chi connectivity index (χ1) is 11.6. The standard InChI is InChI=1S/C21H27N3/c1-4-24(17-5-16-22)21-14-10-19(11-15-21)7-6-18-8-12-20(13-9-18)23(2)3/h8-15H,4-7,17H2,1-3H3. The van der Waals surface area contributed by atoms with Crippen molar-refractivity contribution in [1.82, 2.24) is 0 Å². The number of benzene rings is 2. The molecule has 126 valence electrons. The molecule has 0 aliphatic rings. The maximum Gasteiger partial charge on any atom is 0.0640 e. The summed E-state index contributed by atoms with van der Waals surface area (Å²) >= 11 is 0. The summed E-state index contributed by atoms with van der Waals surface area (Å²) in [4.78, 5) is 4.36. The molecule has 3 nitrogen and oxygen atoms in total. The lowest BCUT2D eigenvalue weighted by atomic mass is 10.0. The van der Waals surface area contributed by atoms with Crippen LogP contribution in [0.5, 0.6) is 0 Å². The Bertz CT molecular complexity index is 651. The fourth-order valence-corrected chi connectivity index (χ4v) is 2.78. The van der Waals surface area contributed by atoms with Crippen molar-refractivity contribution in [3.63, 3.8) is 0 Å². The van der Waals surface area contributed by atoms with E-state index in [2.05, 4.69) is 85.4 Å². The van der Waals surface area contributed by atoms with Crippen LogP contribution in [0.15, 0.2) is 48.5 Å². The first kappa shape index (κ1) is 17.9. The van der Waals surface area contributed by atoms with Crippen LogP contribution in [0.3, 0.4) is 0 Å². The van der Waals surface area contributed by atoms with Crippen molar-refractivity contribution in [1.29, 1.82) is 5.26 Å². The van der Waals surface area contributed by atoms with E-state index in [0.29, 0.717) is 6.42 Å². The molecule has 24 heavy (non-hydrogen) atoms. The van der Waals surface area contributed by atoms with E-state index in [1.807, 2.05) is 0 Å². The topological polar surface area (TPSA) is 30.3 Å². The highest BCUT2D eigenvalue weighted by molar-refractivity contribution is 5.48. The van der Waals surface area contributed by atoms with Crippen molar-refractivity contribution in [2.24, 2.45) is 0 Å². The number of aryl methyl sites for hydroxylation is 2. The Kier molecular flexibility index (Phi) is 6.69. The van der Waals surface area contributed by atoms with Gasteiger partial charge < -0.3 is 9.80 Å². The number of rotatable bonds is 8. The second-order valence-electron chi connectivity index (χ2n) is 6.22. The highest BCUT2D eigenvalue weighted by Crippen LogP contribution is 2.18. The molecule has 0 atom stereocenters. The molecule has 0 unspecified atom stereocenters. The number of nitriles is 1. The van der Waals surface area contributed by atoms with E-state index >= 15 is 0 Å². The Morgan fingerprint density at radius 3 is 1.75 bits per heavy atom. The van der Waals surface area contributed by atoms with Gasteiger partial charge in [0.2, 0.25) is 0 Å². The van der Waals surface area contributed by atoms with Crippen molar-refractivity contribution in [3.8, 4) is 6.07 Å². The van der Waals surface area contributed by atoms with Crippen molar-refractivity contribution in [2.75, 3.05) is 37.0 Å². The lowest BCUT2D eigenvalue weighted by molar-refractivity contribution is 0.826. The largest absolute Gasteiger partial charge is 0.378 e.